The number of aliphatic hydroxyl groups excluding tert-OH is 1. The summed E-state index contributed by atoms with van der Waals surface area (Å²) in [5.74, 6) is -0.874. The molecular weight excluding hydrogens is 272 g/mol. The van der Waals surface area contributed by atoms with Crippen molar-refractivity contribution in [2.24, 2.45) is 5.41 Å². The highest BCUT2D eigenvalue weighted by molar-refractivity contribution is 7.98. The molecule has 0 radical (unpaired) electrons. The van der Waals surface area contributed by atoms with Crippen LogP contribution in [0.1, 0.15) is 31.8 Å². The second-order valence-electron chi connectivity index (χ2n) is 5.18. The molecule has 0 fully saturated rings. The van der Waals surface area contributed by atoms with E-state index in [-0.39, 0.29) is 17.8 Å². The zero-order valence-corrected chi connectivity index (χ0v) is 12.1. The molecule has 110 valence electrons. The van der Waals surface area contributed by atoms with E-state index in [1.165, 1.54) is 0 Å². The fraction of sp³-hybridized carbons (Fsp3) is 0.692. The number of alkyl halides is 2. The van der Waals surface area contributed by atoms with Gasteiger partial charge in [0.15, 0.2) is 0 Å². The maximum absolute atomic E-state index is 12.0. The van der Waals surface area contributed by atoms with Gasteiger partial charge >= 0.3 is 0 Å². The smallest absolute Gasteiger partial charge is 0.284 e. The van der Waals surface area contributed by atoms with Gasteiger partial charge in [-0.25, -0.2) is 0 Å². The number of nitrogens with one attached hydrogen (secondary N) is 1. The first kappa shape index (κ1) is 16.5. The summed E-state index contributed by atoms with van der Waals surface area (Å²) in [5, 5.41) is 12.2. The van der Waals surface area contributed by atoms with E-state index >= 15 is 0 Å². The Kier molecular flexibility index (Phi) is 6.82. The molecule has 1 aromatic rings. The molecule has 1 heterocycles. The van der Waals surface area contributed by atoms with Crippen LogP contribution in [-0.2, 0) is 12.3 Å². The first-order chi connectivity index (χ1) is 8.93. The summed E-state index contributed by atoms with van der Waals surface area (Å²) in [6, 6.07) is 3.53. The highest BCUT2D eigenvalue weighted by Crippen LogP contribution is 2.21. The third kappa shape index (κ3) is 6.94. The number of thioether (sulfide) groups is 1. The van der Waals surface area contributed by atoms with Gasteiger partial charge in [0.25, 0.3) is 5.76 Å². The Hall–Kier alpha value is -0.590. The first-order valence-corrected chi connectivity index (χ1v) is 7.27. The molecule has 6 heteroatoms. The molecule has 3 nitrogen and oxygen atoms in total. The Bertz CT molecular complexity index is 369. The summed E-state index contributed by atoms with van der Waals surface area (Å²) in [6.07, 6.45) is 0.731. The molecule has 0 spiro atoms. The second kappa shape index (κ2) is 7.87. The van der Waals surface area contributed by atoms with Gasteiger partial charge in [0, 0.05) is 13.2 Å². The van der Waals surface area contributed by atoms with Crippen LogP contribution in [0.5, 0.6) is 0 Å². The van der Waals surface area contributed by atoms with Crippen molar-refractivity contribution in [2.45, 2.75) is 38.3 Å². The first-order valence-electron chi connectivity index (χ1n) is 6.22. The van der Waals surface area contributed by atoms with Gasteiger partial charge in [0.1, 0.15) is 11.5 Å². The minimum atomic E-state index is -2.37. The van der Waals surface area contributed by atoms with Crippen LogP contribution in [0.15, 0.2) is 16.5 Å². The Morgan fingerprint density at radius 2 is 2.05 bits per heavy atom. The minimum Gasteiger partial charge on any atom is -0.464 e. The lowest BCUT2D eigenvalue weighted by Crippen LogP contribution is -2.29. The van der Waals surface area contributed by atoms with Gasteiger partial charge < -0.3 is 14.8 Å². The van der Waals surface area contributed by atoms with Crippen molar-refractivity contribution in [3.05, 3.63) is 23.7 Å². The van der Waals surface area contributed by atoms with Crippen molar-refractivity contribution < 1.29 is 18.3 Å². The average molecular weight is 293 g/mol. The van der Waals surface area contributed by atoms with E-state index in [9.17, 15) is 8.78 Å². The molecular formula is C13H21F2NO2S. The Labute approximate surface area is 116 Å². The summed E-state index contributed by atoms with van der Waals surface area (Å²) < 4.78 is 29.5. The average Bonchev–Trinajstić information content (AvgIpc) is 2.74. The summed E-state index contributed by atoms with van der Waals surface area (Å²) >= 11 is 0.557. The third-order valence-corrected chi connectivity index (χ3v) is 3.46. The van der Waals surface area contributed by atoms with Gasteiger partial charge in [-0.3, -0.25) is 0 Å². The van der Waals surface area contributed by atoms with E-state index in [0.29, 0.717) is 24.1 Å². The van der Waals surface area contributed by atoms with Crippen LogP contribution in [0.3, 0.4) is 0 Å². The maximum atomic E-state index is 12.0. The third-order valence-electron chi connectivity index (χ3n) is 2.76. The SMILES string of the molecule is CC(C)(CCO)CNCc1ccc(CSC(F)F)o1. The normalized spacial score (nSPS) is 12.3. The van der Waals surface area contributed by atoms with Crippen molar-refractivity contribution in [3.8, 4) is 0 Å². The number of halogens is 2. The van der Waals surface area contributed by atoms with Crippen molar-refractivity contribution >= 4 is 11.8 Å². The molecule has 1 aromatic heterocycles. The molecule has 0 bridgehead atoms. The van der Waals surface area contributed by atoms with Gasteiger partial charge in [-0.2, -0.15) is 8.78 Å². The molecule has 2 N–H and O–H groups in total. The quantitative estimate of drug-likeness (QED) is 0.734. The van der Waals surface area contributed by atoms with Crippen LogP contribution in [0.4, 0.5) is 8.78 Å². The van der Waals surface area contributed by atoms with E-state index in [0.717, 1.165) is 18.7 Å². The number of aliphatic hydroxyl groups is 1. The predicted molar refractivity (Wildman–Crippen MR) is 73.2 cm³/mol. The maximum Gasteiger partial charge on any atom is 0.284 e. The minimum absolute atomic E-state index is 0.0235. The number of rotatable bonds is 9. The number of furan rings is 1. The molecule has 0 atom stereocenters. The van der Waals surface area contributed by atoms with Gasteiger partial charge in [0.05, 0.1) is 12.3 Å². The Balaban J connectivity index is 2.30. The van der Waals surface area contributed by atoms with E-state index in [1.807, 2.05) is 0 Å². The summed E-state index contributed by atoms with van der Waals surface area (Å²) in [4.78, 5) is 0. The summed E-state index contributed by atoms with van der Waals surface area (Å²) in [5.41, 5.74) is 0.0235. The molecule has 0 unspecified atom stereocenters. The van der Waals surface area contributed by atoms with Crippen LogP contribution >= 0.6 is 11.8 Å². The lowest BCUT2D eigenvalue weighted by atomic mass is 9.90. The largest absolute Gasteiger partial charge is 0.464 e. The van der Waals surface area contributed by atoms with Gasteiger partial charge in [-0.1, -0.05) is 25.6 Å². The second-order valence-corrected chi connectivity index (χ2v) is 6.16. The van der Waals surface area contributed by atoms with Crippen LogP contribution in [-0.4, -0.2) is 24.0 Å². The van der Waals surface area contributed by atoms with E-state index in [4.69, 9.17) is 9.52 Å². The van der Waals surface area contributed by atoms with E-state index in [1.54, 1.807) is 12.1 Å². The molecule has 0 saturated carbocycles. The van der Waals surface area contributed by atoms with Crippen molar-refractivity contribution in [3.63, 3.8) is 0 Å². The van der Waals surface area contributed by atoms with Gasteiger partial charge in [-0.05, 0) is 24.0 Å². The van der Waals surface area contributed by atoms with Crippen LogP contribution in [0.2, 0.25) is 0 Å². The summed E-state index contributed by atoms with van der Waals surface area (Å²) in [6.45, 7) is 5.64. The van der Waals surface area contributed by atoms with Crippen molar-refractivity contribution in [1.82, 2.24) is 5.32 Å². The van der Waals surface area contributed by atoms with Crippen LogP contribution < -0.4 is 5.32 Å². The molecule has 0 aliphatic carbocycles. The Morgan fingerprint density at radius 1 is 1.37 bits per heavy atom. The molecule has 0 aromatic carbocycles. The predicted octanol–water partition coefficient (Wildman–Crippen LogP) is 3.23. The van der Waals surface area contributed by atoms with Crippen LogP contribution in [0.25, 0.3) is 0 Å². The highest BCUT2D eigenvalue weighted by atomic mass is 32.2. The number of hydrogen-bond acceptors (Lipinski definition) is 4. The Morgan fingerprint density at radius 3 is 2.68 bits per heavy atom. The molecule has 0 amide bonds. The number of hydrogen-bond donors (Lipinski definition) is 2. The lowest BCUT2D eigenvalue weighted by molar-refractivity contribution is 0.206. The molecule has 0 aliphatic heterocycles. The standard InChI is InChI=1S/C13H21F2NO2S/c1-13(2,5-6-17)9-16-7-10-3-4-11(18-10)8-19-12(14)15/h3-4,12,16-17H,5-9H2,1-2H3. The van der Waals surface area contributed by atoms with Crippen molar-refractivity contribution in [1.29, 1.82) is 0 Å². The molecule has 1 rings (SSSR count). The van der Waals surface area contributed by atoms with E-state index in [2.05, 4.69) is 19.2 Å². The van der Waals surface area contributed by atoms with Gasteiger partial charge in [-0.15, -0.1) is 0 Å². The molecule has 0 aliphatic rings. The molecule has 0 saturated heterocycles. The highest BCUT2D eigenvalue weighted by Gasteiger charge is 2.16. The fourth-order valence-electron chi connectivity index (χ4n) is 1.66. The lowest BCUT2D eigenvalue weighted by Gasteiger charge is -2.23. The fourth-order valence-corrected chi connectivity index (χ4v) is 2.10. The monoisotopic (exact) mass is 293 g/mol. The van der Waals surface area contributed by atoms with Crippen molar-refractivity contribution in [2.75, 3.05) is 13.2 Å². The zero-order chi connectivity index (χ0) is 14.3. The molecule has 19 heavy (non-hydrogen) atoms. The van der Waals surface area contributed by atoms with E-state index < -0.39 is 5.76 Å². The summed E-state index contributed by atoms with van der Waals surface area (Å²) in [7, 11) is 0. The van der Waals surface area contributed by atoms with Crippen LogP contribution in [0, 0.1) is 5.41 Å². The topological polar surface area (TPSA) is 45.4 Å². The zero-order valence-electron chi connectivity index (χ0n) is 11.3. The van der Waals surface area contributed by atoms with Gasteiger partial charge in [0.2, 0.25) is 0 Å².